The van der Waals surface area contributed by atoms with Crippen LogP contribution >= 0.6 is 0 Å². The molecule has 0 radical (unpaired) electrons. The Morgan fingerprint density at radius 3 is 2.48 bits per heavy atom. The summed E-state index contributed by atoms with van der Waals surface area (Å²) in [4.78, 5) is 37.0. The molecule has 0 bridgehead atoms. The van der Waals surface area contributed by atoms with E-state index >= 15 is 0 Å². The van der Waals surface area contributed by atoms with Crippen molar-refractivity contribution in [3.05, 3.63) is 23.8 Å². The van der Waals surface area contributed by atoms with Gasteiger partial charge in [0, 0.05) is 44.1 Å². The third-order valence-electron chi connectivity index (χ3n) is 5.41. The van der Waals surface area contributed by atoms with Gasteiger partial charge in [0.15, 0.2) is 0 Å². The second-order valence-corrected chi connectivity index (χ2v) is 7.30. The summed E-state index contributed by atoms with van der Waals surface area (Å²) in [6.07, 6.45) is 7.42. The summed E-state index contributed by atoms with van der Waals surface area (Å²) in [6.45, 7) is 3.91. The molecule has 2 aliphatic rings. The van der Waals surface area contributed by atoms with Gasteiger partial charge in [0.05, 0.1) is 0 Å². The number of rotatable bonds is 2. The number of carbonyl (C=O) groups is 2. The van der Waals surface area contributed by atoms with E-state index in [9.17, 15) is 9.59 Å². The standard InChI is InChI=1S/C18H25N7O2/c1-13-7-8-19-17-21-15(22-25(13)17)16(26)23-9-11-24(12-10-23)18(27)20-14-5-3-2-4-6-14/h7-8,14H,2-6,9-12H2,1H3,(H,20,27). The average Bonchev–Trinajstić information content (AvgIpc) is 3.14. The van der Waals surface area contributed by atoms with E-state index in [0.29, 0.717) is 38.0 Å². The Labute approximate surface area is 157 Å². The first-order chi connectivity index (χ1) is 13.1. The molecule has 9 heteroatoms. The normalized spacial score (nSPS) is 18.7. The van der Waals surface area contributed by atoms with Crippen LogP contribution in [0, 0.1) is 6.92 Å². The molecule has 3 heterocycles. The first kappa shape index (κ1) is 17.7. The highest BCUT2D eigenvalue weighted by atomic mass is 16.2. The Balaban J connectivity index is 1.34. The maximum atomic E-state index is 12.7. The molecule has 27 heavy (non-hydrogen) atoms. The minimum atomic E-state index is -0.216. The summed E-state index contributed by atoms with van der Waals surface area (Å²) in [5.41, 5.74) is 0.871. The lowest BCUT2D eigenvalue weighted by atomic mass is 9.96. The zero-order chi connectivity index (χ0) is 18.8. The van der Waals surface area contributed by atoms with E-state index in [4.69, 9.17) is 0 Å². The zero-order valence-corrected chi connectivity index (χ0v) is 15.6. The second kappa shape index (κ2) is 7.50. The highest BCUT2D eigenvalue weighted by Crippen LogP contribution is 2.18. The van der Waals surface area contributed by atoms with E-state index in [1.807, 2.05) is 13.0 Å². The number of carbonyl (C=O) groups excluding carboxylic acids is 2. The van der Waals surface area contributed by atoms with Crippen LogP contribution in [0.3, 0.4) is 0 Å². The van der Waals surface area contributed by atoms with Crippen LogP contribution < -0.4 is 5.32 Å². The number of urea groups is 1. The van der Waals surface area contributed by atoms with Crippen LogP contribution in [-0.4, -0.2) is 73.5 Å². The number of hydrogen-bond donors (Lipinski definition) is 1. The molecule has 1 aliphatic heterocycles. The van der Waals surface area contributed by atoms with Crippen molar-refractivity contribution >= 4 is 17.7 Å². The third kappa shape index (κ3) is 3.72. The quantitative estimate of drug-likeness (QED) is 0.857. The molecule has 2 fully saturated rings. The molecule has 0 spiro atoms. The Bertz CT molecular complexity index is 835. The second-order valence-electron chi connectivity index (χ2n) is 7.30. The van der Waals surface area contributed by atoms with Gasteiger partial charge in [-0.05, 0) is 25.8 Å². The zero-order valence-electron chi connectivity index (χ0n) is 15.6. The van der Waals surface area contributed by atoms with Crippen LogP contribution in [0.5, 0.6) is 0 Å². The van der Waals surface area contributed by atoms with Gasteiger partial charge in [0.25, 0.3) is 11.7 Å². The number of nitrogens with zero attached hydrogens (tertiary/aromatic N) is 6. The molecule has 0 unspecified atom stereocenters. The molecule has 1 saturated heterocycles. The van der Waals surface area contributed by atoms with E-state index in [2.05, 4.69) is 20.4 Å². The van der Waals surface area contributed by atoms with Gasteiger partial charge >= 0.3 is 6.03 Å². The van der Waals surface area contributed by atoms with Gasteiger partial charge in [0.1, 0.15) is 0 Å². The molecule has 0 aromatic carbocycles. The number of piperazine rings is 1. The number of aryl methyl sites for hydroxylation is 1. The Hall–Kier alpha value is -2.71. The van der Waals surface area contributed by atoms with Gasteiger partial charge < -0.3 is 15.1 Å². The lowest BCUT2D eigenvalue weighted by Gasteiger charge is -2.35. The topological polar surface area (TPSA) is 95.7 Å². The maximum absolute atomic E-state index is 12.7. The van der Waals surface area contributed by atoms with Crippen molar-refractivity contribution in [3.63, 3.8) is 0 Å². The molecular weight excluding hydrogens is 346 g/mol. The van der Waals surface area contributed by atoms with Crippen LogP contribution in [0.25, 0.3) is 5.78 Å². The summed E-state index contributed by atoms with van der Waals surface area (Å²) >= 11 is 0. The fraction of sp³-hybridized carbons (Fsp3) is 0.611. The molecular formula is C18H25N7O2. The van der Waals surface area contributed by atoms with Crippen molar-refractivity contribution in [3.8, 4) is 0 Å². The molecule has 1 aliphatic carbocycles. The molecule has 0 atom stereocenters. The highest BCUT2D eigenvalue weighted by Gasteiger charge is 2.28. The molecule has 2 aromatic heterocycles. The Morgan fingerprint density at radius 1 is 1.07 bits per heavy atom. The van der Waals surface area contributed by atoms with Crippen molar-refractivity contribution in [1.29, 1.82) is 0 Å². The van der Waals surface area contributed by atoms with Crippen molar-refractivity contribution in [2.45, 2.75) is 45.1 Å². The molecule has 1 N–H and O–H groups in total. The monoisotopic (exact) mass is 371 g/mol. The first-order valence-electron chi connectivity index (χ1n) is 9.65. The molecule has 3 amide bonds. The lowest BCUT2D eigenvalue weighted by molar-refractivity contribution is 0.0651. The summed E-state index contributed by atoms with van der Waals surface area (Å²) < 4.78 is 1.57. The maximum Gasteiger partial charge on any atom is 0.317 e. The van der Waals surface area contributed by atoms with Crippen LogP contribution in [0.2, 0.25) is 0 Å². The minimum absolute atomic E-state index is 0.0142. The smallest absolute Gasteiger partial charge is 0.317 e. The lowest BCUT2D eigenvalue weighted by Crippen LogP contribution is -2.54. The Morgan fingerprint density at radius 2 is 1.78 bits per heavy atom. The molecule has 9 nitrogen and oxygen atoms in total. The van der Waals surface area contributed by atoms with Crippen LogP contribution in [0.1, 0.15) is 48.4 Å². The SMILES string of the molecule is Cc1ccnc2nc(C(=O)N3CCN(C(=O)NC4CCCCC4)CC3)nn12. The summed E-state index contributed by atoms with van der Waals surface area (Å²) in [7, 11) is 0. The van der Waals surface area contributed by atoms with Crippen LogP contribution in [-0.2, 0) is 0 Å². The number of hydrogen-bond acceptors (Lipinski definition) is 5. The number of nitrogens with one attached hydrogen (secondary N) is 1. The van der Waals surface area contributed by atoms with Gasteiger partial charge in [0.2, 0.25) is 5.82 Å². The Kier molecular flexibility index (Phi) is 4.91. The number of amides is 3. The van der Waals surface area contributed by atoms with Crippen molar-refractivity contribution < 1.29 is 9.59 Å². The van der Waals surface area contributed by atoms with E-state index in [-0.39, 0.29) is 17.8 Å². The molecule has 144 valence electrons. The minimum Gasteiger partial charge on any atom is -0.335 e. The average molecular weight is 371 g/mol. The summed E-state index contributed by atoms with van der Waals surface area (Å²) in [6, 6.07) is 2.10. The number of fused-ring (bicyclic) bond motifs is 1. The molecule has 2 aromatic rings. The molecule has 4 rings (SSSR count). The van der Waals surface area contributed by atoms with E-state index in [0.717, 1.165) is 18.5 Å². The molecule has 1 saturated carbocycles. The fourth-order valence-electron chi connectivity index (χ4n) is 3.76. The first-order valence-corrected chi connectivity index (χ1v) is 9.65. The predicted octanol–water partition coefficient (Wildman–Crippen LogP) is 1.23. The van der Waals surface area contributed by atoms with E-state index < -0.39 is 0 Å². The number of aromatic nitrogens is 4. The van der Waals surface area contributed by atoms with E-state index in [1.165, 1.54) is 19.3 Å². The van der Waals surface area contributed by atoms with Gasteiger partial charge in [-0.15, -0.1) is 5.10 Å². The predicted molar refractivity (Wildman–Crippen MR) is 98.4 cm³/mol. The fourth-order valence-corrected chi connectivity index (χ4v) is 3.76. The van der Waals surface area contributed by atoms with Gasteiger partial charge in [-0.3, -0.25) is 4.79 Å². The van der Waals surface area contributed by atoms with Crippen LogP contribution in [0.15, 0.2) is 12.3 Å². The third-order valence-corrected chi connectivity index (χ3v) is 5.41. The van der Waals surface area contributed by atoms with Gasteiger partial charge in [-0.2, -0.15) is 4.98 Å². The van der Waals surface area contributed by atoms with Gasteiger partial charge in [-0.1, -0.05) is 19.3 Å². The van der Waals surface area contributed by atoms with Crippen molar-refractivity contribution in [1.82, 2.24) is 34.7 Å². The largest absolute Gasteiger partial charge is 0.335 e. The summed E-state index contributed by atoms with van der Waals surface area (Å²) in [5.74, 6) is 0.355. The van der Waals surface area contributed by atoms with Crippen molar-refractivity contribution in [2.75, 3.05) is 26.2 Å². The van der Waals surface area contributed by atoms with Crippen LogP contribution in [0.4, 0.5) is 4.79 Å². The van der Waals surface area contributed by atoms with Crippen molar-refractivity contribution in [2.24, 2.45) is 0 Å². The van der Waals surface area contributed by atoms with Gasteiger partial charge in [-0.25, -0.2) is 14.3 Å². The highest BCUT2D eigenvalue weighted by molar-refractivity contribution is 5.91. The van der Waals surface area contributed by atoms with E-state index in [1.54, 1.807) is 20.5 Å². The summed E-state index contributed by atoms with van der Waals surface area (Å²) in [5, 5.41) is 7.41.